The van der Waals surface area contributed by atoms with E-state index in [1.807, 2.05) is 0 Å². The highest BCUT2D eigenvalue weighted by molar-refractivity contribution is 4.93. The highest BCUT2D eigenvalue weighted by Crippen LogP contribution is 2.17. The van der Waals surface area contributed by atoms with Gasteiger partial charge in [-0.1, -0.05) is 12.3 Å². The number of nitrogens with two attached hydrogens (primary N) is 1. The lowest BCUT2D eigenvalue weighted by molar-refractivity contribution is 0.149. The van der Waals surface area contributed by atoms with Crippen molar-refractivity contribution in [3.8, 4) is 12.3 Å². The van der Waals surface area contributed by atoms with Crippen LogP contribution < -0.4 is 5.73 Å². The number of nitrogens with zero attached hydrogens (tertiary/aromatic N) is 1. The standard InChI is InChI=1S/C10H18N2/c1-3-7-12-8-5-4-6-10(12)9(2)11/h1,9-10H,4-8,11H2,2H3. The van der Waals surface area contributed by atoms with Gasteiger partial charge >= 0.3 is 0 Å². The highest BCUT2D eigenvalue weighted by Gasteiger charge is 2.24. The van der Waals surface area contributed by atoms with Crippen LogP contribution in [-0.4, -0.2) is 30.1 Å². The monoisotopic (exact) mass is 166 g/mol. The summed E-state index contributed by atoms with van der Waals surface area (Å²) in [7, 11) is 0. The molecule has 2 N–H and O–H groups in total. The molecule has 1 fully saturated rings. The molecule has 0 saturated carbocycles. The number of hydrogen-bond acceptors (Lipinski definition) is 2. The zero-order valence-corrected chi connectivity index (χ0v) is 7.79. The van der Waals surface area contributed by atoms with Gasteiger partial charge in [-0.2, -0.15) is 0 Å². The smallest absolute Gasteiger partial charge is 0.0601 e. The minimum atomic E-state index is 0.249. The molecule has 0 aromatic carbocycles. The van der Waals surface area contributed by atoms with Crippen molar-refractivity contribution in [3.05, 3.63) is 0 Å². The Morgan fingerprint density at radius 1 is 1.67 bits per heavy atom. The molecular weight excluding hydrogens is 148 g/mol. The van der Waals surface area contributed by atoms with E-state index in [1.54, 1.807) is 0 Å². The molecule has 0 aliphatic carbocycles. The number of piperidine rings is 1. The molecule has 0 radical (unpaired) electrons. The average Bonchev–Trinajstić information content (AvgIpc) is 2.05. The summed E-state index contributed by atoms with van der Waals surface area (Å²) in [6.07, 6.45) is 9.06. The maximum Gasteiger partial charge on any atom is 0.0601 e. The van der Waals surface area contributed by atoms with E-state index < -0.39 is 0 Å². The minimum Gasteiger partial charge on any atom is -0.327 e. The van der Waals surface area contributed by atoms with Crippen molar-refractivity contribution in [1.29, 1.82) is 0 Å². The summed E-state index contributed by atoms with van der Waals surface area (Å²) >= 11 is 0. The Kier molecular flexibility index (Phi) is 3.58. The third-order valence-electron chi connectivity index (χ3n) is 2.57. The van der Waals surface area contributed by atoms with E-state index in [2.05, 4.69) is 17.7 Å². The summed E-state index contributed by atoms with van der Waals surface area (Å²) < 4.78 is 0. The Balaban J connectivity index is 2.49. The van der Waals surface area contributed by atoms with Crippen molar-refractivity contribution in [2.75, 3.05) is 13.1 Å². The fraction of sp³-hybridized carbons (Fsp3) is 0.800. The van der Waals surface area contributed by atoms with Crippen LogP contribution in [0, 0.1) is 12.3 Å². The summed E-state index contributed by atoms with van der Waals surface area (Å²) in [5, 5.41) is 0. The largest absolute Gasteiger partial charge is 0.327 e. The van der Waals surface area contributed by atoms with E-state index >= 15 is 0 Å². The molecule has 68 valence electrons. The Morgan fingerprint density at radius 3 is 3.00 bits per heavy atom. The van der Waals surface area contributed by atoms with Crippen molar-refractivity contribution in [2.24, 2.45) is 5.73 Å². The molecule has 1 rings (SSSR count). The second kappa shape index (κ2) is 4.49. The number of rotatable bonds is 2. The first-order valence-corrected chi connectivity index (χ1v) is 4.69. The molecule has 12 heavy (non-hydrogen) atoms. The summed E-state index contributed by atoms with van der Waals surface area (Å²) in [5.41, 5.74) is 5.88. The third kappa shape index (κ3) is 2.23. The van der Waals surface area contributed by atoms with Crippen LogP contribution >= 0.6 is 0 Å². The van der Waals surface area contributed by atoms with E-state index in [-0.39, 0.29) is 6.04 Å². The quantitative estimate of drug-likeness (QED) is 0.615. The predicted molar refractivity (Wildman–Crippen MR) is 51.7 cm³/mol. The van der Waals surface area contributed by atoms with Crippen LogP contribution in [0.1, 0.15) is 26.2 Å². The molecule has 2 nitrogen and oxygen atoms in total. The highest BCUT2D eigenvalue weighted by atomic mass is 15.2. The maximum atomic E-state index is 5.88. The molecule has 0 aromatic rings. The molecule has 0 aromatic heterocycles. The summed E-state index contributed by atoms with van der Waals surface area (Å²) in [4.78, 5) is 2.33. The molecule has 0 amide bonds. The molecule has 2 heteroatoms. The van der Waals surface area contributed by atoms with Crippen LogP contribution in [0.5, 0.6) is 0 Å². The van der Waals surface area contributed by atoms with Gasteiger partial charge < -0.3 is 5.73 Å². The Morgan fingerprint density at radius 2 is 2.42 bits per heavy atom. The van der Waals surface area contributed by atoms with Gasteiger partial charge in [0.05, 0.1) is 6.54 Å². The third-order valence-corrected chi connectivity index (χ3v) is 2.57. The minimum absolute atomic E-state index is 0.249. The van der Waals surface area contributed by atoms with Crippen molar-refractivity contribution in [1.82, 2.24) is 4.90 Å². The van der Waals surface area contributed by atoms with Crippen LogP contribution in [0.15, 0.2) is 0 Å². The molecule has 0 bridgehead atoms. The van der Waals surface area contributed by atoms with Crippen LogP contribution in [0.25, 0.3) is 0 Å². The van der Waals surface area contributed by atoms with Gasteiger partial charge in [0.25, 0.3) is 0 Å². The van der Waals surface area contributed by atoms with Gasteiger partial charge in [-0.25, -0.2) is 0 Å². The lowest BCUT2D eigenvalue weighted by atomic mass is 9.97. The van der Waals surface area contributed by atoms with Crippen LogP contribution in [-0.2, 0) is 0 Å². The number of hydrogen-bond donors (Lipinski definition) is 1. The summed E-state index contributed by atoms with van der Waals surface area (Å²) in [6.45, 7) is 3.95. The van der Waals surface area contributed by atoms with E-state index in [4.69, 9.17) is 12.2 Å². The summed E-state index contributed by atoms with van der Waals surface area (Å²) in [5.74, 6) is 2.69. The van der Waals surface area contributed by atoms with Gasteiger partial charge in [0.2, 0.25) is 0 Å². The van der Waals surface area contributed by atoms with Gasteiger partial charge in [0, 0.05) is 12.1 Å². The van der Waals surface area contributed by atoms with Gasteiger partial charge in [0.15, 0.2) is 0 Å². The molecular formula is C10H18N2. The van der Waals surface area contributed by atoms with Gasteiger partial charge in [-0.3, -0.25) is 4.90 Å². The van der Waals surface area contributed by atoms with Crippen molar-refractivity contribution in [2.45, 2.75) is 38.3 Å². The average molecular weight is 166 g/mol. The number of likely N-dealkylation sites (tertiary alicyclic amines) is 1. The van der Waals surface area contributed by atoms with Crippen molar-refractivity contribution in [3.63, 3.8) is 0 Å². The lowest BCUT2D eigenvalue weighted by Gasteiger charge is -2.36. The normalized spacial score (nSPS) is 27.9. The first-order chi connectivity index (χ1) is 5.75. The molecule has 2 unspecified atom stereocenters. The summed E-state index contributed by atoms with van der Waals surface area (Å²) in [6, 6.07) is 0.758. The topological polar surface area (TPSA) is 29.3 Å². The maximum absolute atomic E-state index is 5.88. The van der Waals surface area contributed by atoms with E-state index in [9.17, 15) is 0 Å². The van der Waals surface area contributed by atoms with Crippen LogP contribution in [0.3, 0.4) is 0 Å². The van der Waals surface area contributed by atoms with Gasteiger partial charge in [0.1, 0.15) is 0 Å². The van der Waals surface area contributed by atoms with E-state index in [0.717, 1.165) is 13.1 Å². The van der Waals surface area contributed by atoms with E-state index in [0.29, 0.717) is 6.04 Å². The van der Waals surface area contributed by atoms with Crippen LogP contribution in [0.2, 0.25) is 0 Å². The molecule has 1 saturated heterocycles. The fourth-order valence-electron chi connectivity index (χ4n) is 1.93. The Labute approximate surface area is 75.1 Å². The van der Waals surface area contributed by atoms with Crippen molar-refractivity contribution >= 4 is 0 Å². The predicted octanol–water partition coefficient (Wildman–Crippen LogP) is 0.821. The molecule has 1 aliphatic heterocycles. The zero-order chi connectivity index (χ0) is 8.97. The van der Waals surface area contributed by atoms with Gasteiger partial charge in [-0.15, -0.1) is 6.42 Å². The first-order valence-electron chi connectivity index (χ1n) is 4.69. The first kappa shape index (κ1) is 9.57. The molecule has 1 aliphatic rings. The van der Waals surface area contributed by atoms with Crippen LogP contribution in [0.4, 0.5) is 0 Å². The molecule has 1 heterocycles. The van der Waals surface area contributed by atoms with Gasteiger partial charge in [-0.05, 0) is 26.3 Å². The second-order valence-corrected chi connectivity index (χ2v) is 3.60. The zero-order valence-electron chi connectivity index (χ0n) is 7.79. The Hall–Kier alpha value is -0.520. The Bertz CT molecular complexity index is 169. The fourth-order valence-corrected chi connectivity index (χ4v) is 1.93. The second-order valence-electron chi connectivity index (χ2n) is 3.60. The SMILES string of the molecule is C#CCN1CCCCC1C(C)N. The number of terminal acetylenes is 1. The molecule has 2 atom stereocenters. The van der Waals surface area contributed by atoms with E-state index in [1.165, 1.54) is 19.3 Å². The molecule has 0 spiro atoms. The lowest BCUT2D eigenvalue weighted by Crippen LogP contribution is -2.49. The van der Waals surface area contributed by atoms with Crippen molar-refractivity contribution < 1.29 is 0 Å².